The Morgan fingerprint density at radius 2 is 1.86 bits per heavy atom. The Labute approximate surface area is 218 Å². The molecule has 0 saturated carbocycles. The van der Waals surface area contributed by atoms with E-state index >= 15 is 0 Å². The molecule has 0 bridgehead atoms. The molecule has 3 aromatic rings. The summed E-state index contributed by atoms with van der Waals surface area (Å²) in [5, 5.41) is 21.5. The Morgan fingerprint density at radius 3 is 2.59 bits per heavy atom. The molecule has 7 heteroatoms. The maximum absolute atomic E-state index is 11.6. The average Bonchev–Trinajstić information content (AvgIpc) is 2.91. The highest BCUT2D eigenvalue weighted by atomic mass is 16.5. The molecule has 4 rings (SSSR count). The average molecular weight is 503 g/mol. The van der Waals surface area contributed by atoms with Crippen molar-refractivity contribution < 1.29 is 24.5 Å². The van der Waals surface area contributed by atoms with Gasteiger partial charge in [0.25, 0.3) is 0 Å². The van der Waals surface area contributed by atoms with E-state index in [4.69, 9.17) is 9.47 Å². The van der Waals surface area contributed by atoms with E-state index in [0.717, 1.165) is 52.9 Å². The molecule has 1 fully saturated rings. The number of aromatic nitrogens is 1. The fourth-order valence-corrected chi connectivity index (χ4v) is 5.15. The minimum Gasteiger partial charge on any atom is -0.497 e. The second-order valence-electron chi connectivity index (χ2n) is 9.55. The molecule has 2 aromatic carbocycles. The fraction of sp³-hybridized carbons (Fsp3) is 0.400. The van der Waals surface area contributed by atoms with Gasteiger partial charge in [-0.1, -0.05) is 11.8 Å². The van der Waals surface area contributed by atoms with E-state index in [-0.39, 0.29) is 18.3 Å². The van der Waals surface area contributed by atoms with Gasteiger partial charge in [-0.05, 0) is 91.7 Å². The van der Waals surface area contributed by atoms with Crippen molar-refractivity contribution in [1.29, 1.82) is 0 Å². The topological polar surface area (TPSA) is 92.1 Å². The number of piperidine rings is 1. The molecule has 0 radical (unpaired) electrons. The molecule has 2 N–H and O–H groups in total. The van der Waals surface area contributed by atoms with Crippen LogP contribution in [-0.2, 0) is 4.79 Å². The highest BCUT2D eigenvalue weighted by Crippen LogP contribution is 2.34. The van der Waals surface area contributed by atoms with Crippen LogP contribution in [0.3, 0.4) is 0 Å². The van der Waals surface area contributed by atoms with E-state index in [9.17, 15) is 15.0 Å². The van der Waals surface area contributed by atoms with Crippen LogP contribution in [0.15, 0.2) is 54.7 Å². The van der Waals surface area contributed by atoms with Crippen molar-refractivity contribution in [3.05, 3.63) is 65.9 Å². The van der Waals surface area contributed by atoms with E-state index in [1.807, 2.05) is 48.5 Å². The molecule has 0 unspecified atom stereocenters. The molecule has 0 spiro atoms. The van der Waals surface area contributed by atoms with Gasteiger partial charge in [-0.3, -0.25) is 14.7 Å². The minimum atomic E-state index is -0.783. The van der Waals surface area contributed by atoms with E-state index in [1.165, 1.54) is 0 Å². The molecule has 1 aliphatic heterocycles. The summed E-state index contributed by atoms with van der Waals surface area (Å²) in [6, 6.07) is 15.1. The number of benzene rings is 2. The van der Waals surface area contributed by atoms with Gasteiger partial charge in [0.1, 0.15) is 11.5 Å². The largest absolute Gasteiger partial charge is 0.497 e. The molecule has 194 valence electrons. The van der Waals surface area contributed by atoms with E-state index in [1.54, 1.807) is 20.4 Å². The van der Waals surface area contributed by atoms with Crippen molar-refractivity contribution in [3.8, 4) is 23.3 Å². The van der Waals surface area contributed by atoms with Crippen LogP contribution in [0, 0.1) is 23.7 Å². The number of pyridine rings is 1. The number of ether oxygens (including phenoxy) is 2. The van der Waals surface area contributed by atoms with Gasteiger partial charge in [0.05, 0.1) is 32.4 Å². The Kier molecular flexibility index (Phi) is 8.99. The monoisotopic (exact) mass is 502 g/mol. The zero-order chi connectivity index (χ0) is 26.2. The zero-order valence-corrected chi connectivity index (χ0v) is 21.4. The number of hydrogen-bond donors (Lipinski definition) is 2. The van der Waals surface area contributed by atoms with Gasteiger partial charge in [0.15, 0.2) is 0 Å². The van der Waals surface area contributed by atoms with E-state index in [2.05, 4.69) is 21.7 Å². The number of carboxylic acid groups (broad SMARTS) is 1. The number of aliphatic hydroxyl groups is 1. The first-order chi connectivity index (χ1) is 18.0. The van der Waals surface area contributed by atoms with Crippen LogP contribution in [0.2, 0.25) is 0 Å². The number of likely N-dealkylation sites (tertiary alicyclic amines) is 1. The van der Waals surface area contributed by atoms with Gasteiger partial charge in [-0.25, -0.2) is 0 Å². The molecule has 0 aliphatic carbocycles. The Balaban J connectivity index is 1.37. The lowest BCUT2D eigenvalue weighted by Crippen LogP contribution is -2.41. The van der Waals surface area contributed by atoms with Crippen LogP contribution in [0.25, 0.3) is 10.9 Å². The summed E-state index contributed by atoms with van der Waals surface area (Å²) < 4.78 is 10.5. The second kappa shape index (κ2) is 12.6. The third-order valence-corrected chi connectivity index (χ3v) is 7.19. The van der Waals surface area contributed by atoms with Gasteiger partial charge in [0.2, 0.25) is 0 Å². The predicted octanol–water partition coefficient (Wildman–Crippen LogP) is 4.53. The smallest absolute Gasteiger partial charge is 0.303 e. The fourth-order valence-electron chi connectivity index (χ4n) is 5.15. The zero-order valence-electron chi connectivity index (χ0n) is 21.4. The minimum absolute atomic E-state index is 0.0236. The van der Waals surface area contributed by atoms with Crippen LogP contribution in [0.4, 0.5) is 0 Å². The number of carboxylic acids is 1. The van der Waals surface area contributed by atoms with E-state index < -0.39 is 12.1 Å². The number of hydrogen-bond acceptors (Lipinski definition) is 6. The summed E-state index contributed by atoms with van der Waals surface area (Å²) >= 11 is 0. The van der Waals surface area contributed by atoms with Gasteiger partial charge < -0.3 is 19.7 Å². The summed E-state index contributed by atoms with van der Waals surface area (Å²) in [6.07, 6.45) is 3.40. The summed E-state index contributed by atoms with van der Waals surface area (Å²) in [7, 11) is 3.25. The van der Waals surface area contributed by atoms with Crippen molar-refractivity contribution in [2.75, 3.05) is 33.9 Å². The number of aliphatic carboxylic acids is 1. The first-order valence-corrected chi connectivity index (χ1v) is 12.6. The highest BCUT2D eigenvalue weighted by Gasteiger charge is 2.31. The maximum Gasteiger partial charge on any atom is 0.303 e. The first kappa shape index (κ1) is 26.5. The Hall–Kier alpha value is -3.60. The third-order valence-electron chi connectivity index (χ3n) is 7.19. The van der Waals surface area contributed by atoms with Gasteiger partial charge in [0, 0.05) is 30.1 Å². The lowest BCUT2D eigenvalue weighted by molar-refractivity contribution is -0.139. The number of nitrogens with zero attached hydrogens (tertiary/aromatic N) is 2. The summed E-state index contributed by atoms with van der Waals surface area (Å²) in [6.45, 7) is 2.16. The molecule has 1 aromatic heterocycles. The number of aliphatic hydroxyl groups excluding tert-OH is 1. The van der Waals surface area contributed by atoms with Crippen molar-refractivity contribution in [3.63, 3.8) is 0 Å². The van der Waals surface area contributed by atoms with Crippen LogP contribution in [0.1, 0.15) is 42.9 Å². The lowest BCUT2D eigenvalue weighted by Gasteiger charge is -2.37. The highest BCUT2D eigenvalue weighted by molar-refractivity contribution is 5.83. The molecule has 37 heavy (non-hydrogen) atoms. The number of rotatable bonds is 9. The molecule has 0 amide bonds. The van der Waals surface area contributed by atoms with Crippen molar-refractivity contribution in [1.82, 2.24) is 9.88 Å². The van der Waals surface area contributed by atoms with Crippen LogP contribution in [-0.4, -0.2) is 59.9 Å². The maximum atomic E-state index is 11.6. The molecular weight excluding hydrogens is 468 g/mol. The van der Waals surface area contributed by atoms with Crippen LogP contribution < -0.4 is 9.47 Å². The first-order valence-electron chi connectivity index (χ1n) is 12.6. The predicted molar refractivity (Wildman–Crippen MR) is 143 cm³/mol. The lowest BCUT2D eigenvalue weighted by atomic mass is 9.79. The SMILES string of the molecule is COc1ccc(C#CCN2CC[C@@H](CC[C@@H](O)c3ccnc4ccc(OC)cc34)[C@@H](CC(=O)O)C2)cc1. The molecular formula is C30H34N2O5. The van der Waals surface area contributed by atoms with Crippen molar-refractivity contribution in [2.45, 2.75) is 31.8 Å². The number of methoxy groups -OCH3 is 2. The standard InChI is InChI=1S/C30H34N2O5/c1-36-24-8-5-21(6-9-24)4-3-16-32-17-14-22(23(20-32)18-30(34)35)7-12-29(33)26-13-15-31-28-11-10-25(37-2)19-27(26)28/h5-6,8-11,13,15,19,22-23,29,33H,7,12,14,16-18,20H2,1-2H3,(H,34,35)/t22-,23+,29-/m1/s1. The molecule has 7 nitrogen and oxygen atoms in total. The second-order valence-corrected chi connectivity index (χ2v) is 9.55. The van der Waals surface area contributed by atoms with E-state index in [0.29, 0.717) is 19.5 Å². The molecule has 2 heterocycles. The number of carbonyl (C=O) groups is 1. The van der Waals surface area contributed by atoms with Crippen molar-refractivity contribution in [2.24, 2.45) is 11.8 Å². The normalized spacial score (nSPS) is 18.6. The summed E-state index contributed by atoms with van der Waals surface area (Å²) in [5.41, 5.74) is 2.56. The Bertz CT molecular complexity index is 1260. The van der Waals surface area contributed by atoms with Crippen LogP contribution >= 0.6 is 0 Å². The van der Waals surface area contributed by atoms with Gasteiger partial charge in [-0.15, -0.1) is 0 Å². The molecule has 1 aliphatic rings. The van der Waals surface area contributed by atoms with Crippen molar-refractivity contribution >= 4 is 16.9 Å². The number of fused-ring (bicyclic) bond motifs is 1. The third kappa shape index (κ3) is 7.00. The summed E-state index contributed by atoms with van der Waals surface area (Å²) in [5.74, 6) is 7.40. The molecule has 1 saturated heterocycles. The summed E-state index contributed by atoms with van der Waals surface area (Å²) in [4.78, 5) is 18.2. The quantitative estimate of drug-likeness (QED) is 0.415. The Morgan fingerprint density at radius 1 is 1.11 bits per heavy atom. The van der Waals surface area contributed by atoms with Crippen LogP contribution in [0.5, 0.6) is 11.5 Å². The van der Waals surface area contributed by atoms with Gasteiger partial charge >= 0.3 is 5.97 Å². The molecule has 3 atom stereocenters. The van der Waals surface area contributed by atoms with Gasteiger partial charge in [-0.2, -0.15) is 0 Å².